The first-order chi connectivity index (χ1) is 61.7. The fourth-order valence-corrected chi connectivity index (χ4v) is 16.1. The molecule has 7 aliphatic heterocycles. The predicted molar refractivity (Wildman–Crippen MR) is 478 cm³/mol. The number of amides is 6. The molecule has 0 unspecified atom stereocenters. The highest BCUT2D eigenvalue weighted by Gasteiger charge is 2.45. The van der Waals surface area contributed by atoms with Crippen LogP contribution in [0.15, 0.2) is 61.3 Å². The number of halogens is 7. The number of carbonyl (C=O) groups is 6. The Hall–Kier alpha value is -9.29. The SMILES string of the molecule is CC(C)(C)OC(=O)N1CCC(COc2cnc(Cl)c(F)c2)CC1.CC(C)(C)OC(=O)N1CCC(COc2cnc(N3CCCCC3)c(F)c2)CC1.CC1(OC(=O)N2CCC(COc3cnc(N4CCCCC4=O)c(F)c3)CC2)CC1.CC1(OC(=O)N2CCC(COc3cnc(N4CCCCC4=O)c(F)c3)CC2)CC1.CS(=O)(=O)OCC1CCCCC1.Oc1cnc(Cl)c(F)c1. The van der Waals surface area contributed by atoms with Gasteiger partial charge in [0.1, 0.15) is 51.2 Å². The van der Waals surface area contributed by atoms with E-state index in [2.05, 4.69) is 24.9 Å². The van der Waals surface area contributed by atoms with Crippen molar-refractivity contribution in [2.75, 3.05) is 133 Å². The van der Waals surface area contributed by atoms with Gasteiger partial charge in [-0.05, 0) is 220 Å². The van der Waals surface area contributed by atoms with E-state index in [9.17, 15) is 59.1 Å². The average molecular weight is 1890 g/mol. The monoisotopic (exact) mass is 1890 g/mol. The van der Waals surface area contributed by atoms with Crippen LogP contribution in [-0.4, -0.2) is 234 Å². The van der Waals surface area contributed by atoms with Crippen molar-refractivity contribution >= 4 is 87.0 Å². The van der Waals surface area contributed by atoms with Crippen molar-refractivity contribution in [2.24, 2.45) is 29.6 Å². The zero-order valence-electron chi connectivity index (χ0n) is 76.4. The largest absolute Gasteiger partial charge is 0.506 e. The van der Waals surface area contributed by atoms with Crippen molar-refractivity contribution in [3.63, 3.8) is 0 Å². The van der Waals surface area contributed by atoms with Gasteiger partial charge in [-0.25, -0.2) is 66.1 Å². The molecule has 0 aromatic carbocycles. The van der Waals surface area contributed by atoms with Crippen LogP contribution >= 0.6 is 23.2 Å². The summed E-state index contributed by atoms with van der Waals surface area (Å²) in [6.07, 6.45) is 31.2. The minimum Gasteiger partial charge on any atom is -0.506 e. The van der Waals surface area contributed by atoms with E-state index in [0.29, 0.717) is 170 Å². The zero-order chi connectivity index (χ0) is 93.9. The molecule has 7 saturated heterocycles. The molecule has 30 nitrogen and oxygen atoms in total. The number of aromatic nitrogens is 5. The maximum atomic E-state index is 14.5. The van der Waals surface area contributed by atoms with Gasteiger partial charge in [-0.15, -0.1) is 0 Å². The second kappa shape index (κ2) is 48.4. The molecule has 3 aliphatic carbocycles. The summed E-state index contributed by atoms with van der Waals surface area (Å²) in [6.45, 7) is 25.2. The lowest BCUT2D eigenvalue weighted by Crippen LogP contribution is -2.42. The molecule has 5 aromatic heterocycles. The number of hydrogen-bond donors (Lipinski definition) is 1. The van der Waals surface area contributed by atoms with E-state index in [-0.39, 0.29) is 80.9 Å². The van der Waals surface area contributed by atoms with Crippen molar-refractivity contribution in [3.8, 4) is 28.7 Å². The van der Waals surface area contributed by atoms with Gasteiger partial charge in [0.2, 0.25) is 11.8 Å². The lowest BCUT2D eigenvalue weighted by Gasteiger charge is -2.33. The van der Waals surface area contributed by atoms with Crippen LogP contribution in [0.1, 0.15) is 222 Å². The molecule has 5 aromatic rings. The van der Waals surface area contributed by atoms with E-state index in [4.69, 9.17) is 70.4 Å². The normalized spacial score (nSPS) is 19.3. The summed E-state index contributed by atoms with van der Waals surface area (Å²) in [7, 11) is -3.22. The van der Waals surface area contributed by atoms with Crippen LogP contribution in [0.25, 0.3) is 0 Å². The molecule has 720 valence electrons. The summed E-state index contributed by atoms with van der Waals surface area (Å²) >= 11 is 10.7. The number of anilines is 3. The van der Waals surface area contributed by atoms with Gasteiger partial charge in [0.05, 0.1) is 70.3 Å². The number of carbonyl (C=O) groups excluding carboxylic acids is 6. The predicted octanol–water partition coefficient (Wildman–Crippen LogP) is 18.3. The van der Waals surface area contributed by atoms with Crippen LogP contribution in [0.5, 0.6) is 28.7 Å². The Balaban J connectivity index is 0.000000168. The van der Waals surface area contributed by atoms with Gasteiger partial charge < -0.3 is 67.5 Å². The third-order valence-corrected chi connectivity index (χ3v) is 24.9. The highest BCUT2D eigenvalue weighted by atomic mass is 35.5. The van der Waals surface area contributed by atoms with Gasteiger partial charge in [-0.2, -0.15) is 8.42 Å². The highest BCUT2D eigenvalue weighted by molar-refractivity contribution is 7.86. The number of hydrogen-bond acceptors (Lipinski definition) is 24. The number of likely N-dealkylation sites (tertiary alicyclic amines) is 4. The molecule has 12 heterocycles. The van der Waals surface area contributed by atoms with Crippen molar-refractivity contribution in [1.82, 2.24) is 44.5 Å². The number of pyridine rings is 5. The molecule has 0 spiro atoms. The highest BCUT2D eigenvalue weighted by Crippen LogP contribution is 2.41. The standard InChI is InChI=1S/2C21H28FN3O4.C21H32FN3O3.C16H22ClFN2O3.C8H16O3S.C5H3ClFNO/c2*1-21(7-8-21)29-20(27)24-10-5-15(6-11-24)14-28-16-12-17(22)19(23-13-16)25-9-3-2-4-18(25)26;1-21(2,3)28-20(26)25-11-7-16(8-12-25)15-27-17-13-18(22)19(23-14-17)24-9-5-4-6-10-24;1-16(2,3)23-15(21)20-6-4-11(5-7-20)10-22-12-8-13(18)14(17)19-9-12;1-12(9,10)11-7-8-5-3-2-4-6-8;6-5-4(7)1-3(9)2-8-5/h2*12-13,15H,2-11,14H2,1H3;13-14,16H,4-12,15H2,1-3H3;8-9,11H,4-7,10H2,1-3H3;8H,2-7H2,1H3;1-2,9H. The van der Waals surface area contributed by atoms with Crippen molar-refractivity contribution in [1.29, 1.82) is 0 Å². The molecule has 6 amide bonds. The van der Waals surface area contributed by atoms with E-state index in [1.54, 1.807) is 25.8 Å². The van der Waals surface area contributed by atoms with Gasteiger partial charge in [0, 0.05) is 122 Å². The fourth-order valence-electron chi connectivity index (χ4n) is 15.5. The van der Waals surface area contributed by atoms with Gasteiger partial charge in [-0.3, -0.25) is 23.6 Å². The summed E-state index contributed by atoms with van der Waals surface area (Å²) in [4.78, 5) is 104. The molecule has 10 aliphatic rings. The number of rotatable bonds is 20. The minimum atomic E-state index is -3.22. The van der Waals surface area contributed by atoms with Crippen LogP contribution in [-0.2, 0) is 42.8 Å². The van der Waals surface area contributed by atoms with E-state index in [1.165, 1.54) is 78.3 Å². The van der Waals surface area contributed by atoms with Gasteiger partial charge in [0.25, 0.3) is 10.1 Å². The topological polar surface area (TPSA) is 327 Å². The molecule has 0 atom stereocenters. The Bertz CT molecular complexity index is 4520. The van der Waals surface area contributed by atoms with Crippen LogP contribution in [0.4, 0.5) is 58.6 Å². The zero-order valence-corrected chi connectivity index (χ0v) is 78.7. The average Bonchev–Trinajstić information content (AvgIpc) is 1.64. The van der Waals surface area contributed by atoms with Gasteiger partial charge in [-0.1, -0.05) is 42.5 Å². The van der Waals surface area contributed by atoms with Crippen molar-refractivity contribution in [2.45, 2.75) is 245 Å². The number of ether oxygens (including phenoxy) is 8. The number of nitrogens with zero attached hydrogens (tertiary/aromatic N) is 12. The maximum Gasteiger partial charge on any atom is 0.410 e. The van der Waals surface area contributed by atoms with Crippen LogP contribution in [0.2, 0.25) is 10.3 Å². The second-order valence-electron chi connectivity index (χ2n) is 37.4. The summed E-state index contributed by atoms with van der Waals surface area (Å²) < 4.78 is 140. The van der Waals surface area contributed by atoms with Crippen LogP contribution in [0.3, 0.4) is 0 Å². The maximum absolute atomic E-state index is 14.5. The first kappa shape index (κ1) is 103. The van der Waals surface area contributed by atoms with Crippen molar-refractivity contribution in [3.05, 3.63) is 101 Å². The smallest absolute Gasteiger partial charge is 0.410 e. The molecule has 1 N–H and O–H groups in total. The Morgan fingerprint density at radius 1 is 0.408 bits per heavy atom. The fraction of sp³-hybridized carbons (Fsp3) is 0.663. The quantitative estimate of drug-likeness (QED) is 0.0327. The first-order valence-corrected chi connectivity index (χ1v) is 48.2. The van der Waals surface area contributed by atoms with E-state index in [0.717, 1.165) is 160 Å². The van der Waals surface area contributed by atoms with Gasteiger partial charge >= 0.3 is 24.4 Å². The summed E-state index contributed by atoms with van der Waals surface area (Å²) in [5.74, 6) is 0.745. The Kier molecular flexibility index (Phi) is 38.3. The molecule has 15 rings (SSSR count). The van der Waals surface area contributed by atoms with E-state index >= 15 is 0 Å². The molecule has 0 bridgehead atoms. The molecular weight excluding hydrogens is 1760 g/mol. The lowest BCUT2D eigenvalue weighted by atomic mass is 9.90. The second-order valence-corrected chi connectivity index (χ2v) is 39.8. The van der Waals surface area contributed by atoms with Crippen molar-refractivity contribution < 1.29 is 106 Å². The lowest BCUT2D eigenvalue weighted by molar-refractivity contribution is -0.120. The molecule has 0 radical (unpaired) electrons. The molecular formula is C92H129Cl2F5N12O18S. The van der Waals surface area contributed by atoms with Crippen LogP contribution in [0, 0.1) is 58.7 Å². The van der Waals surface area contributed by atoms with E-state index in [1.807, 2.05) is 60.3 Å². The Morgan fingerprint density at radius 2 is 0.715 bits per heavy atom. The molecule has 3 saturated carbocycles. The third-order valence-electron chi connectivity index (χ3n) is 23.8. The first-order valence-electron chi connectivity index (χ1n) is 45.6. The molecule has 130 heavy (non-hydrogen) atoms. The number of piperidine rings is 7. The minimum absolute atomic E-state index is 0.0817. The summed E-state index contributed by atoms with van der Waals surface area (Å²) in [5.41, 5.74) is -1.46. The summed E-state index contributed by atoms with van der Waals surface area (Å²) in [5, 5.41) is 8.18. The molecule has 10 fully saturated rings. The summed E-state index contributed by atoms with van der Waals surface area (Å²) in [6, 6.07) is 6.16. The third kappa shape index (κ3) is 34.7. The number of aromatic hydroxyl groups is 1. The Morgan fingerprint density at radius 3 is 1.03 bits per heavy atom. The van der Waals surface area contributed by atoms with Crippen LogP contribution < -0.4 is 33.6 Å². The Labute approximate surface area is 770 Å². The van der Waals surface area contributed by atoms with Gasteiger partial charge in [0.15, 0.2) is 56.8 Å². The van der Waals surface area contributed by atoms with E-state index < -0.39 is 44.6 Å². The molecule has 38 heteroatoms.